The Morgan fingerprint density at radius 1 is 1.55 bits per heavy atom. The van der Waals surface area contributed by atoms with E-state index < -0.39 is 0 Å². The molecule has 0 N–H and O–H groups in total. The summed E-state index contributed by atoms with van der Waals surface area (Å²) in [5.41, 5.74) is 0.759. The maximum atomic E-state index is 5.27. The van der Waals surface area contributed by atoms with Gasteiger partial charge in [-0.3, -0.25) is 0 Å². The van der Waals surface area contributed by atoms with Crippen molar-refractivity contribution in [3.05, 3.63) is 28.2 Å². The van der Waals surface area contributed by atoms with Crippen LogP contribution in [0.3, 0.4) is 0 Å². The van der Waals surface area contributed by atoms with Crippen molar-refractivity contribution in [1.82, 2.24) is 0 Å². The first-order valence-corrected chi connectivity index (χ1v) is 3.88. The number of hydrogen-bond acceptors (Lipinski definition) is 1. The summed E-state index contributed by atoms with van der Waals surface area (Å²) >= 11 is 3.33. The smallest absolute Gasteiger partial charge is 0.135 e. The zero-order valence-corrected chi connectivity index (χ0v) is 7.68. The topological polar surface area (TPSA) is 9.23 Å². The molecule has 1 aromatic carbocycles. The second kappa shape index (κ2) is 3.45. The first-order chi connectivity index (χ1) is 5.29. The number of terminal acetylenes is 1. The maximum Gasteiger partial charge on any atom is 0.135 e. The van der Waals surface area contributed by atoms with Crippen LogP contribution in [0.15, 0.2) is 22.7 Å². The molecule has 0 fully saturated rings. The minimum absolute atomic E-state index is 0.724. The van der Waals surface area contributed by atoms with E-state index in [1.165, 1.54) is 0 Å². The van der Waals surface area contributed by atoms with E-state index in [-0.39, 0.29) is 0 Å². The van der Waals surface area contributed by atoms with Crippen LogP contribution < -0.4 is 4.74 Å². The van der Waals surface area contributed by atoms with Crippen molar-refractivity contribution >= 4 is 15.9 Å². The van der Waals surface area contributed by atoms with Gasteiger partial charge in [-0.25, -0.2) is 0 Å². The maximum absolute atomic E-state index is 5.27. The summed E-state index contributed by atoms with van der Waals surface area (Å²) in [5.74, 6) is 3.27. The first kappa shape index (κ1) is 8.16. The lowest BCUT2D eigenvalue weighted by atomic mass is 10.2. The van der Waals surface area contributed by atoms with Crippen LogP contribution in [0.1, 0.15) is 5.56 Å². The predicted octanol–water partition coefficient (Wildman–Crippen LogP) is 2.44. The zero-order valence-electron chi connectivity index (χ0n) is 6.10. The van der Waals surface area contributed by atoms with E-state index in [2.05, 4.69) is 21.9 Å². The van der Waals surface area contributed by atoms with Crippen LogP contribution in [0.5, 0.6) is 5.75 Å². The van der Waals surface area contributed by atoms with Gasteiger partial charge in [0.15, 0.2) is 0 Å². The van der Waals surface area contributed by atoms with Gasteiger partial charge in [0.05, 0.1) is 12.7 Å². The van der Waals surface area contributed by atoms with E-state index in [4.69, 9.17) is 11.2 Å². The number of benzene rings is 1. The predicted molar refractivity (Wildman–Crippen MR) is 48.6 cm³/mol. The molecule has 0 spiro atoms. The van der Waals surface area contributed by atoms with Crippen molar-refractivity contribution in [3.63, 3.8) is 0 Å². The van der Waals surface area contributed by atoms with Gasteiger partial charge in [-0.05, 0) is 28.1 Å². The highest BCUT2D eigenvalue weighted by Gasteiger charge is 2.01. The van der Waals surface area contributed by atoms with Gasteiger partial charge in [0.25, 0.3) is 0 Å². The van der Waals surface area contributed by atoms with E-state index in [1.807, 2.05) is 18.2 Å². The Labute approximate surface area is 74.5 Å². The normalized spacial score (nSPS) is 8.82. The van der Waals surface area contributed by atoms with Crippen LogP contribution in [-0.2, 0) is 0 Å². The van der Waals surface area contributed by atoms with Crippen LogP contribution in [-0.4, -0.2) is 7.11 Å². The highest BCUT2D eigenvalue weighted by atomic mass is 79.9. The van der Waals surface area contributed by atoms with Gasteiger partial charge in [0.1, 0.15) is 5.75 Å². The van der Waals surface area contributed by atoms with E-state index in [0.717, 1.165) is 15.8 Å². The third-order valence-electron chi connectivity index (χ3n) is 1.34. The Morgan fingerprint density at radius 3 is 2.73 bits per heavy atom. The van der Waals surface area contributed by atoms with Crippen molar-refractivity contribution in [1.29, 1.82) is 0 Å². The lowest BCUT2D eigenvalue weighted by molar-refractivity contribution is 0.413. The molecule has 0 saturated heterocycles. The van der Waals surface area contributed by atoms with E-state index in [1.54, 1.807) is 7.11 Å². The fraction of sp³-hybridized carbons (Fsp3) is 0.111. The molecule has 0 aliphatic carbocycles. The molecule has 0 aliphatic heterocycles. The third-order valence-corrected chi connectivity index (χ3v) is 2.00. The minimum Gasteiger partial charge on any atom is -0.495 e. The highest BCUT2D eigenvalue weighted by molar-refractivity contribution is 9.10. The van der Waals surface area contributed by atoms with Crippen molar-refractivity contribution in [2.24, 2.45) is 0 Å². The Bertz CT molecular complexity index is 299. The molecule has 1 aromatic rings. The van der Waals surface area contributed by atoms with Crippen LogP contribution >= 0.6 is 15.9 Å². The van der Waals surface area contributed by atoms with Crippen LogP contribution in [0.2, 0.25) is 0 Å². The minimum atomic E-state index is 0.724. The molecule has 2 heteroatoms. The largest absolute Gasteiger partial charge is 0.495 e. The quantitative estimate of drug-likeness (QED) is 0.648. The lowest BCUT2D eigenvalue weighted by Gasteiger charge is -2.03. The molecule has 0 atom stereocenters. The van der Waals surface area contributed by atoms with Gasteiger partial charge in [0, 0.05) is 4.47 Å². The van der Waals surface area contributed by atoms with Gasteiger partial charge in [0.2, 0.25) is 0 Å². The van der Waals surface area contributed by atoms with E-state index in [0.29, 0.717) is 0 Å². The molecule has 0 heterocycles. The second-order valence-corrected chi connectivity index (χ2v) is 2.82. The summed E-state index contributed by atoms with van der Waals surface area (Å²) in [6.07, 6.45) is 5.27. The standard InChI is InChI=1S/C9H7BrO/c1-3-7-8(10)5-4-6-9(7)11-2/h1,4-6H,2H3. The number of halogens is 1. The van der Waals surface area contributed by atoms with Crippen LogP contribution in [0.25, 0.3) is 0 Å². The molecule has 0 aliphatic rings. The molecule has 11 heavy (non-hydrogen) atoms. The number of ether oxygens (including phenoxy) is 1. The van der Waals surface area contributed by atoms with Crippen molar-refractivity contribution in [2.75, 3.05) is 7.11 Å². The summed E-state index contributed by atoms with van der Waals surface area (Å²) < 4.78 is 5.93. The first-order valence-electron chi connectivity index (χ1n) is 3.08. The molecule has 56 valence electrons. The summed E-state index contributed by atoms with van der Waals surface area (Å²) in [4.78, 5) is 0. The SMILES string of the molecule is C#Cc1c(Br)cccc1OC. The zero-order chi connectivity index (χ0) is 8.27. The second-order valence-electron chi connectivity index (χ2n) is 1.96. The van der Waals surface area contributed by atoms with Gasteiger partial charge in [-0.1, -0.05) is 12.0 Å². The van der Waals surface area contributed by atoms with Crippen molar-refractivity contribution in [2.45, 2.75) is 0 Å². The molecule has 0 amide bonds. The fourth-order valence-corrected chi connectivity index (χ4v) is 1.28. The van der Waals surface area contributed by atoms with E-state index in [9.17, 15) is 0 Å². The molecular formula is C9H7BrO. The molecular weight excluding hydrogens is 204 g/mol. The molecule has 0 saturated carbocycles. The van der Waals surface area contributed by atoms with Crippen LogP contribution in [0.4, 0.5) is 0 Å². The van der Waals surface area contributed by atoms with Gasteiger partial charge in [-0.2, -0.15) is 0 Å². The Kier molecular flexibility index (Phi) is 2.56. The summed E-state index contributed by atoms with van der Waals surface area (Å²) in [5, 5.41) is 0. The Morgan fingerprint density at radius 2 is 2.27 bits per heavy atom. The fourth-order valence-electron chi connectivity index (χ4n) is 0.815. The molecule has 0 bridgehead atoms. The van der Waals surface area contributed by atoms with Gasteiger partial charge >= 0.3 is 0 Å². The molecule has 0 unspecified atom stereocenters. The number of rotatable bonds is 1. The van der Waals surface area contributed by atoms with Crippen LogP contribution in [0, 0.1) is 12.3 Å². The van der Waals surface area contributed by atoms with Crippen molar-refractivity contribution in [3.8, 4) is 18.1 Å². The van der Waals surface area contributed by atoms with E-state index >= 15 is 0 Å². The summed E-state index contributed by atoms with van der Waals surface area (Å²) in [6, 6.07) is 5.60. The lowest BCUT2D eigenvalue weighted by Crippen LogP contribution is -1.87. The third kappa shape index (κ3) is 1.55. The summed E-state index contributed by atoms with van der Waals surface area (Å²) in [7, 11) is 1.60. The van der Waals surface area contributed by atoms with Gasteiger partial charge < -0.3 is 4.74 Å². The van der Waals surface area contributed by atoms with Gasteiger partial charge in [-0.15, -0.1) is 6.42 Å². The Balaban J connectivity index is 3.27. The van der Waals surface area contributed by atoms with Crippen molar-refractivity contribution < 1.29 is 4.74 Å². The Hall–Kier alpha value is -0.940. The summed E-state index contributed by atoms with van der Waals surface area (Å²) in [6.45, 7) is 0. The number of hydrogen-bond donors (Lipinski definition) is 0. The monoisotopic (exact) mass is 210 g/mol. The molecule has 0 radical (unpaired) electrons. The molecule has 1 rings (SSSR count). The number of methoxy groups -OCH3 is 1. The molecule has 1 nitrogen and oxygen atoms in total. The average Bonchev–Trinajstić information content (AvgIpc) is 2.04. The highest BCUT2D eigenvalue weighted by Crippen LogP contribution is 2.24. The average molecular weight is 211 g/mol. The molecule has 0 aromatic heterocycles.